The first-order valence-electron chi connectivity index (χ1n) is 6.81. The van der Waals surface area contributed by atoms with Gasteiger partial charge >= 0.3 is 0 Å². The van der Waals surface area contributed by atoms with Crippen LogP contribution >= 0.6 is 0 Å². The highest BCUT2D eigenvalue weighted by atomic mass is 16.1. The van der Waals surface area contributed by atoms with Crippen LogP contribution in [0.3, 0.4) is 0 Å². The van der Waals surface area contributed by atoms with Crippen LogP contribution in [0.4, 0.5) is 0 Å². The number of aromatic nitrogens is 1. The normalized spacial score (nSPS) is 12.3. The number of rotatable bonds is 5. The molecular weight excluding hydrogens is 236 g/mol. The van der Waals surface area contributed by atoms with Gasteiger partial charge in [0, 0.05) is 30.5 Å². The Bertz CT molecular complexity index is 565. The molecule has 0 radical (unpaired) electrons. The second-order valence-corrected chi connectivity index (χ2v) is 4.89. The number of hydrogen-bond acceptors (Lipinski definition) is 2. The number of amides is 1. The smallest absolute Gasteiger partial charge is 0.217 e. The minimum Gasteiger partial charge on any atom is -0.353 e. The molecule has 0 aliphatic carbocycles. The standard InChI is InChI=1S/C16H20N2O/c1-3-6-14(17-12(2)19)11-15-10-9-13-7-4-5-8-16(13)18-15/h4-5,7-10,14H,3,6,11H2,1-2H3,(H,17,19). The Morgan fingerprint density at radius 2 is 2.05 bits per heavy atom. The van der Waals surface area contributed by atoms with Crippen LogP contribution in [0.2, 0.25) is 0 Å². The summed E-state index contributed by atoms with van der Waals surface area (Å²) in [6, 6.07) is 12.4. The third-order valence-corrected chi connectivity index (χ3v) is 3.16. The fraction of sp³-hybridized carbons (Fsp3) is 0.375. The summed E-state index contributed by atoms with van der Waals surface area (Å²) in [6.07, 6.45) is 2.82. The van der Waals surface area contributed by atoms with Crippen LogP contribution in [0.1, 0.15) is 32.4 Å². The van der Waals surface area contributed by atoms with Gasteiger partial charge in [0.1, 0.15) is 0 Å². The predicted molar refractivity (Wildman–Crippen MR) is 78.0 cm³/mol. The molecule has 0 aliphatic heterocycles. The van der Waals surface area contributed by atoms with E-state index in [9.17, 15) is 4.79 Å². The zero-order valence-corrected chi connectivity index (χ0v) is 11.5. The molecule has 0 spiro atoms. The zero-order chi connectivity index (χ0) is 13.7. The third kappa shape index (κ3) is 3.78. The molecule has 100 valence electrons. The van der Waals surface area contributed by atoms with Crippen LogP contribution in [0.25, 0.3) is 10.9 Å². The number of nitrogens with one attached hydrogen (secondary N) is 1. The van der Waals surface area contributed by atoms with E-state index in [0.29, 0.717) is 0 Å². The number of carbonyl (C=O) groups is 1. The van der Waals surface area contributed by atoms with Crippen LogP contribution in [-0.2, 0) is 11.2 Å². The van der Waals surface area contributed by atoms with Gasteiger partial charge in [-0.3, -0.25) is 9.78 Å². The fourth-order valence-electron chi connectivity index (χ4n) is 2.34. The van der Waals surface area contributed by atoms with Crippen molar-refractivity contribution in [1.29, 1.82) is 0 Å². The molecule has 1 N–H and O–H groups in total. The highest BCUT2D eigenvalue weighted by molar-refractivity contribution is 5.78. The van der Waals surface area contributed by atoms with Crippen molar-refractivity contribution in [2.24, 2.45) is 0 Å². The summed E-state index contributed by atoms with van der Waals surface area (Å²) < 4.78 is 0. The minimum absolute atomic E-state index is 0.0271. The first-order valence-corrected chi connectivity index (χ1v) is 6.81. The molecular formula is C16H20N2O. The van der Waals surface area contributed by atoms with Crippen molar-refractivity contribution < 1.29 is 4.79 Å². The van der Waals surface area contributed by atoms with Gasteiger partial charge in [0.25, 0.3) is 0 Å². The summed E-state index contributed by atoms with van der Waals surface area (Å²) in [7, 11) is 0. The van der Waals surface area contributed by atoms with Crippen molar-refractivity contribution in [3.8, 4) is 0 Å². The van der Waals surface area contributed by atoms with Gasteiger partial charge in [0.2, 0.25) is 5.91 Å². The largest absolute Gasteiger partial charge is 0.353 e. The Morgan fingerprint density at radius 3 is 2.79 bits per heavy atom. The number of para-hydroxylation sites is 1. The second kappa shape index (κ2) is 6.32. The molecule has 3 heteroatoms. The molecule has 0 saturated heterocycles. The van der Waals surface area contributed by atoms with Crippen LogP contribution in [0, 0.1) is 0 Å². The van der Waals surface area contributed by atoms with Crippen molar-refractivity contribution >= 4 is 16.8 Å². The van der Waals surface area contributed by atoms with Crippen LogP contribution in [0.5, 0.6) is 0 Å². The zero-order valence-electron chi connectivity index (χ0n) is 11.5. The quantitative estimate of drug-likeness (QED) is 0.893. The van der Waals surface area contributed by atoms with Gasteiger partial charge in [-0.05, 0) is 18.6 Å². The highest BCUT2D eigenvalue weighted by Gasteiger charge is 2.11. The molecule has 0 aliphatic rings. The first-order chi connectivity index (χ1) is 9.19. The summed E-state index contributed by atoms with van der Waals surface area (Å²) in [5.74, 6) is 0.0271. The van der Waals surface area contributed by atoms with E-state index in [1.165, 1.54) is 0 Å². The lowest BCUT2D eigenvalue weighted by atomic mass is 10.0. The van der Waals surface area contributed by atoms with Crippen molar-refractivity contribution in [3.05, 3.63) is 42.1 Å². The van der Waals surface area contributed by atoms with Gasteiger partial charge < -0.3 is 5.32 Å². The number of benzene rings is 1. The van der Waals surface area contributed by atoms with E-state index in [0.717, 1.165) is 35.9 Å². The number of carbonyl (C=O) groups excluding carboxylic acids is 1. The van der Waals surface area contributed by atoms with Crippen LogP contribution in [-0.4, -0.2) is 16.9 Å². The molecule has 2 rings (SSSR count). The summed E-state index contributed by atoms with van der Waals surface area (Å²) in [6.45, 7) is 3.69. The Labute approximate surface area is 114 Å². The molecule has 1 unspecified atom stereocenters. The van der Waals surface area contributed by atoms with Crippen molar-refractivity contribution in [3.63, 3.8) is 0 Å². The topological polar surface area (TPSA) is 42.0 Å². The first kappa shape index (κ1) is 13.5. The summed E-state index contributed by atoms with van der Waals surface area (Å²) >= 11 is 0. The molecule has 1 heterocycles. The molecule has 0 saturated carbocycles. The van der Waals surface area contributed by atoms with Gasteiger partial charge in [0.05, 0.1) is 5.52 Å². The number of fused-ring (bicyclic) bond motifs is 1. The molecule has 3 nitrogen and oxygen atoms in total. The van der Waals surface area contributed by atoms with Crippen molar-refractivity contribution in [2.45, 2.75) is 39.2 Å². The Kier molecular flexibility index (Phi) is 4.50. The van der Waals surface area contributed by atoms with Crippen LogP contribution in [0.15, 0.2) is 36.4 Å². The lowest BCUT2D eigenvalue weighted by Gasteiger charge is -2.16. The minimum atomic E-state index is 0.0271. The molecule has 19 heavy (non-hydrogen) atoms. The second-order valence-electron chi connectivity index (χ2n) is 4.89. The maximum Gasteiger partial charge on any atom is 0.217 e. The summed E-state index contributed by atoms with van der Waals surface area (Å²) in [5, 5.41) is 4.15. The molecule has 0 bridgehead atoms. The summed E-state index contributed by atoms with van der Waals surface area (Å²) in [5.41, 5.74) is 2.05. The lowest BCUT2D eigenvalue weighted by molar-refractivity contribution is -0.119. The van der Waals surface area contributed by atoms with Crippen molar-refractivity contribution in [2.75, 3.05) is 0 Å². The highest BCUT2D eigenvalue weighted by Crippen LogP contribution is 2.13. The van der Waals surface area contributed by atoms with Crippen LogP contribution < -0.4 is 5.32 Å². The van der Waals surface area contributed by atoms with E-state index in [2.05, 4.69) is 29.4 Å². The van der Waals surface area contributed by atoms with E-state index < -0.39 is 0 Å². The van der Waals surface area contributed by atoms with E-state index in [1.54, 1.807) is 6.92 Å². The fourth-order valence-corrected chi connectivity index (χ4v) is 2.34. The lowest BCUT2D eigenvalue weighted by Crippen LogP contribution is -2.34. The van der Waals surface area contributed by atoms with E-state index in [4.69, 9.17) is 0 Å². The summed E-state index contributed by atoms with van der Waals surface area (Å²) in [4.78, 5) is 15.9. The van der Waals surface area contributed by atoms with Gasteiger partial charge in [-0.2, -0.15) is 0 Å². The number of nitrogens with zero attached hydrogens (tertiary/aromatic N) is 1. The molecule has 2 aromatic rings. The maximum atomic E-state index is 11.2. The number of pyridine rings is 1. The monoisotopic (exact) mass is 256 g/mol. The molecule has 0 fully saturated rings. The maximum absolute atomic E-state index is 11.2. The SMILES string of the molecule is CCCC(Cc1ccc2ccccc2n1)NC(C)=O. The van der Waals surface area contributed by atoms with Gasteiger partial charge in [-0.15, -0.1) is 0 Å². The van der Waals surface area contributed by atoms with E-state index in [-0.39, 0.29) is 11.9 Å². The Balaban J connectivity index is 2.16. The molecule has 1 aromatic heterocycles. The Morgan fingerprint density at radius 1 is 1.26 bits per heavy atom. The number of hydrogen-bond donors (Lipinski definition) is 1. The van der Waals surface area contributed by atoms with Gasteiger partial charge in [-0.1, -0.05) is 37.6 Å². The molecule has 1 atom stereocenters. The predicted octanol–water partition coefficient (Wildman–Crippen LogP) is 3.08. The van der Waals surface area contributed by atoms with E-state index in [1.807, 2.05) is 24.3 Å². The van der Waals surface area contributed by atoms with Gasteiger partial charge in [0.15, 0.2) is 0 Å². The van der Waals surface area contributed by atoms with Crippen molar-refractivity contribution in [1.82, 2.24) is 10.3 Å². The third-order valence-electron chi connectivity index (χ3n) is 3.16. The molecule has 1 aromatic carbocycles. The average Bonchev–Trinajstić information content (AvgIpc) is 2.38. The molecule has 1 amide bonds. The van der Waals surface area contributed by atoms with Gasteiger partial charge in [-0.25, -0.2) is 0 Å². The van der Waals surface area contributed by atoms with E-state index >= 15 is 0 Å². The Hall–Kier alpha value is -1.90. The average molecular weight is 256 g/mol.